The topological polar surface area (TPSA) is 87.8 Å². The van der Waals surface area contributed by atoms with E-state index in [1.165, 1.54) is 11.6 Å². The highest BCUT2D eigenvalue weighted by Crippen LogP contribution is 2.12. The van der Waals surface area contributed by atoms with Crippen molar-refractivity contribution in [3.63, 3.8) is 0 Å². The number of aryl methyl sites for hydroxylation is 1. The summed E-state index contributed by atoms with van der Waals surface area (Å²) in [5.41, 5.74) is 5.64. The first-order chi connectivity index (χ1) is 8.49. The van der Waals surface area contributed by atoms with E-state index in [-0.39, 0.29) is 11.5 Å². The van der Waals surface area contributed by atoms with Gasteiger partial charge >= 0.3 is 5.69 Å². The molecule has 2 heterocycles. The maximum atomic E-state index is 12.1. The minimum absolute atomic E-state index is 0.224. The molecular weight excluding hydrogens is 234 g/mol. The van der Waals surface area contributed by atoms with Crippen molar-refractivity contribution in [1.29, 1.82) is 0 Å². The number of nitrogens with two attached hydrogens (primary N) is 1. The normalized spacial score (nSPS) is 11.7. The number of hydrogen-bond acceptors (Lipinski definition) is 4. The third kappa shape index (κ3) is 1.55. The number of imidazole rings is 1. The Morgan fingerprint density at radius 3 is 2.56 bits per heavy atom. The molecule has 18 heavy (non-hydrogen) atoms. The van der Waals surface area contributed by atoms with E-state index in [4.69, 9.17) is 5.73 Å². The van der Waals surface area contributed by atoms with Crippen LogP contribution < -0.4 is 17.0 Å². The molecule has 0 bridgehead atoms. The number of nitrogen functional groups attached to an aromatic ring is 1. The van der Waals surface area contributed by atoms with Crippen LogP contribution in [-0.2, 0) is 20.6 Å². The second-order valence-electron chi connectivity index (χ2n) is 4.03. The maximum absolute atomic E-state index is 12.1. The van der Waals surface area contributed by atoms with E-state index in [2.05, 4.69) is 4.98 Å². The number of aromatic nitrogens is 4. The second kappa shape index (κ2) is 4.17. The molecule has 0 atom stereocenters. The maximum Gasteiger partial charge on any atom is 0.332 e. The molecule has 0 spiro atoms. The van der Waals surface area contributed by atoms with Gasteiger partial charge in [0.2, 0.25) is 5.95 Å². The van der Waals surface area contributed by atoms with Gasteiger partial charge in [0.1, 0.15) is 0 Å². The number of nitrogens with zero attached hydrogens (tertiary/aromatic N) is 4. The van der Waals surface area contributed by atoms with Crippen molar-refractivity contribution in [3.05, 3.63) is 33.0 Å². The van der Waals surface area contributed by atoms with Crippen LogP contribution in [-0.4, -0.2) is 18.7 Å². The standard InChI is InChI=1S/C11H15N5O2/c1-4-5-6-16-7-8(13-10(16)12)14(2)11(18)15(3)9(7)17/h4-5H,6H2,1-3H3,(H2,12,13). The Kier molecular flexibility index (Phi) is 2.82. The van der Waals surface area contributed by atoms with Crippen molar-refractivity contribution in [2.24, 2.45) is 14.1 Å². The Hall–Kier alpha value is -2.31. The van der Waals surface area contributed by atoms with E-state index in [0.29, 0.717) is 17.7 Å². The van der Waals surface area contributed by atoms with E-state index < -0.39 is 5.69 Å². The molecule has 2 aromatic heterocycles. The van der Waals surface area contributed by atoms with E-state index in [1.54, 1.807) is 11.6 Å². The van der Waals surface area contributed by atoms with Crippen LogP contribution in [0.5, 0.6) is 0 Å². The first-order valence-corrected chi connectivity index (χ1v) is 5.52. The summed E-state index contributed by atoms with van der Waals surface area (Å²) in [7, 11) is 3.00. The fourth-order valence-electron chi connectivity index (χ4n) is 1.86. The van der Waals surface area contributed by atoms with Crippen LogP contribution in [0.1, 0.15) is 6.92 Å². The third-order valence-corrected chi connectivity index (χ3v) is 2.90. The van der Waals surface area contributed by atoms with Gasteiger partial charge in [0.25, 0.3) is 5.56 Å². The molecule has 0 aliphatic heterocycles. The van der Waals surface area contributed by atoms with Gasteiger partial charge in [-0.3, -0.25) is 13.9 Å². The largest absolute Gasteiger partial charge is 0.369 e. The molecule has 0 aliphatic rings. The lowest BCUT2D eigenvalue weighted by atomic mass is 10.4. The van der Waals surface area contributed by atoms with Crippen molar-refractivity contribution < 1.29 is 0 Å². The second-order valence-corrected chi connectivity index (χ2v) is 4.03. The Labute approximate surface area is 103 Å². The predicted molar refractivity (Wildman–Crippen MR) is 69.4 cm³/mol. The summed E-state index contributed by atoms with van der Waals surface area (Å²) in [6, 6.07) is 0. The Morgan fingerprint density at radius 1 is 1.28 bits per heavy atom. The molecule has 7 heteroatoms. The first kappa shape index (κ1) is 12.2. The summed E-state index contributed by atoms with van der Waals surface area (Å²) < 4.78 is 3.96. The molecule has 0 amide bonds. The number of anilines is 1. The van der Waals surface area contributed by atoms with E-state index in [9.17, 15) is 9.59 Å². The molecule has 2 N–H and O–H groups in total. The molecule has 7 nitrogen and oxygen atoms in total. The smallest absolute Gasteiger partial charge is 0.332 e. The zero-order valence-electron chi connectivity index (χ0n) is 10.5. The van der Waals surface area contributed by atoms with Gasteiger partial charge < -0.3 is 10.3 Å². The Morgan fingerprint density at radius 2 is 1.94 bits per heavy atom. The average Bonchev–Trinajstić information content (AvgIpc) is 2.68. The summed E-state index contributed by atoms with van der Waals surface area (Å²) >= 11 is 0. The number of allylic oxidation sites excluding steroid dienone is 2. The average molecular weight is 249 g/mol. The Balaban J connectivity index is 2.94. The van der Waals surface area contributed by atoms with Crippen molar-refractivity contribution in [1.82, 2.24) is 18.7 Å². The highest BCUT2D eigenvalue weighted by atomic mass is 16.2. The van der Waals surface area contributed by atoms with Gasteiger partial charge in [-0.1, -0.05) is 12.2 Å². The summed E-state index contributed by atoms with van der Waals surface area (Å²) in [5.74, 6) is 0.224. The molecule has 0 radical (unpaired) electrons. The number of fused-ring (bicyclic) bond motifs is 1. The van der Waals surface area contributed by atoms with Gasteiger partial charge in [0.05, 0.1) is 0 Å². The fraction of sp³-hybridized carbons (Fsp3) is 0.364. The monoisotopic (exact) mass is 249 g/mol. The zero-order chi connectivity index (χ0) is 13.4. The summed E-state index contributed by atoms with van der Waals surface area (Å²) in [6.07, 6.45) is 3.72. The van der Waals surface area contributed by atoms with Crippen molar-refractivity contribution in [2.75, 3.05) is 5.73 Å². The molecular formula is C11H15N5O2. The molecule has 0 aliphatic carbocycles. The SMILES string of the molecule is CC=CCn1c(N)nc2c1c(=O)n(C)c(=O)n2C. The van der Waals surface area contributed by atoms with Crippen LogP contribution >= 0.6 is 0 Å². The molecule has 0 aromatic carbocycles. The molecule has 2 aromatic rings. The van der Waals surface area contributed by atoms with Gasteiger partial charge in [0.15, 0.2) is 11.2 Å². The lowest BCUT2D eigenvalue weighted by Gasteiger charge is -2.05. The van der Waals surface area contributed by atoms with Crippen LogP contribution in [0, 0.1) is 0 Å². The molecule has 96 valence electrons. The highest BCUT2D eigenvalue weighted by molar-refractivity contribution is 5.73. The minimum Gasteiger partial charge on any atom is -0.369 e. The van der Waals surface area contributed by atoms with Gasteiger partial charge in [0, 0.05) is 20.6 Å². The van der Waals surface area contributed by atoms with Crippen LogP contribution in [0.3, 0.4) is 0 Å². The summed E-state index contributed by atoms with van der Waals surface area (Å²) in [4.78, 5) is 28.0. The molecule has 0 unspecified atom stereocenters. The number of rotatable bonds is 2. The molecule has 0 saturated carbocycles. The predicted octanol–water partition coefficient (Wildman–Crippen LogP) is -0.408. The number of hydrogen-bond donors (Lipinski definition) is 1. The highest BCUT2D eigenvalue weighted by Gasteiger charge is 2.16. The lowest BCUT2D eigenvalue weighted by Crippen LogP contribution is -2.37. The summed E-state index contributed by atoms with van der Waals surface area (Å²) in [6.45, 7) is 2.33. The third-order valence-electron chi connectivity index (χ3n) is 2.90. The van der Waals surface area contributed by atoms with Crippen LogP contribution in [0.25, 0.3) is 11.2 Å². The van der Waals surface area contributed by atoms with Crippen molar-refractivity contribution >= 4 is 17.1 Å². The van der Waals surface area contributed by atoms with E-state index >= 15 is 0 Å². The van der Waals surface area contributed by atoms with Crippen molar-refractivity contribution in [3.8, 4) is 0 Å². The Bertz CT molecular complexity index is 747. The molecule has 0 fully saturated rings. The van der Waals surface area contributed by atoms with Crippen LogP contribution in [0.2, 0.25) is 0 Å². The lowest BCUT2D eigenvalue weighted by molar-refractivity contribution is 0.703. The van der Waals surface area contributed by atoms with Crippen molar-refractivity contribution in [2.45, 2.75) is 13.5 Å². The zero-order valence-corrected chi connectivity index (χ0v) is 10.5. The van der Waals surface area contributed by atoms with Gasteiger partial charge in [-0.15, -0.1) is 0 Å². The molecule has 2 rings (SSSR count). The van der Waals surface area contributed by atoms with Gasteiger partial charge in [-0.25, -0.2) is 4.79 Å². The summed E-state index contributed by atoms with van der Waals surface area (Å²) in [5, 5.41) is 0. The van der Waals surface area contributed by atoms with Gasteiger partial charge in [-0.2, -0.15) is 4.98 Å². The minimum atomic E-state index is -0.414. The quantitative estimate of drug-likeness (QED) is 0.733. The van der Waals surface area contributed by atoms with Crippen LogP contribution in [0.4, 0.5) is 5.95 Å². The fourth-order valence-corrected chi connectivity index (χ4v) is 1.86. The van der Waals surface area contributed by atoms with Crippen LogP contribution in [0.15, 0.2) is 21.7 Å². The van der Waals surface area contributed by atoms with E-state index in [1.807, 2.05) is 19.1 Å². The molecule has 0 saturated heterocycles. The van der Waals surface area contributed by atoms with E-state index in [0.717, 1.165) is 4.57 Å². The van der Waals surface area contributed by atoms with Gasteiger partial charge in [-0.05, 0) is 6.92 Å². The first-order valence-electron chi connectivity index (χ1n) is 5.52.